The van der Waals surface area contributed by atoms with Crippen LogP contribution in [0, 0.1) is 11.8 Å². The van der Waals surface area contributed by atoms with E-state index in [1.165, 1.54) is 46.8 Å². The number of aryl methyl sites for hydroxylation is 1. The Labute approximate surface area is 156 Å². The zero-order valence-corrected chi connectivity index (χ0v) is 16.5. The van der Waals surface area contributed by atoms with E-state index < -0.39 is 0 Å². The van der Waals surface area contributed by atoms with Gasteiger partial charge < -0.3 is 9.88 Å². The molecule has 1 saturated carbocycles. The Morgan fingerprint density at radius 3 is 2.69 bits per heavy atom. The standard InChI is InChI=1S/C24H30N2/c1-5-26-20-9-7-6-8-16(20)22-21(26)13-12-18-23(22)24(3,4)17-11-10-15(2)14-19(17)25-18/h6-9,12-13,15,17,19,25H,5,10-11,14H2,1-4H3/t15?,17-,19-/m1/s1. The third-order valence-electron chi connectivity index (χ3n) is 7.28. The Balaban J connectivity index is 1.84. The highest BCUT2D eigenvalue weighted by Gasteiger charge is 2.45. The lowest BCUT2D eigenvalue weighted by atomic mass is 9.60. The molecule has 2 aliphatic rings. The Kier molecular flexibility index (Phi) is 3.44. The van der Waals surface area contributed by atoms with E-state index in [0.717, 1.165) is 18.4 Å². The molecular formula is C24H30N2. The molecule has 0 amide bonds. The second-order valence-corrected chi connectivity index (χ2v) is 9.14. The van der Waals surface area contributed by atoms with Crippen molar-refractivity contribution >= 4 is 27.5 Å². The van der Waals surface area contributed by atoms with Gasteiger partial charge in [-0.2, -0.15) is 0 Å². The molecule has 1 unspecified atom stereocenters. The van der Waals surface area contributed by atoms with Crippen LogP contribution in [0.3, 0.4) is 0 Å². The topological polar surface area (TPSA) is 17.0 Å². The molecule has 3 atom stereocenters. The van der Waals surface area contributed by atoms with Crippen LogP contribution in [0.4, 0.5) is 5.69 Å². The fourth-order valence-electron chi connectivity index (χ4n) is 6.06. The van der Waals surface area contributed by atoms with Crippen LogP contribution in [0.15, 0.2) is 36.4 Å². The molecule has 0 spiro atoms. The van der Waals surface area contributed by atoms with E-state index in [-0.39, 0.29) is 5.41 Å². The summed E-state index contributed by atoms with van der Waals surface area (Å²) in [6.45, 7) is 10.7. The number of benzene rings is 2. The normalized spacial score (nSPS) is 27.2. The zero-order valence-electron chi connectivity index (χ0n) is 16.5. The summed E-state index contributed by atoms with van der Waals surface area (Å²) in [7, 11) is 0. The van der Waals surface area contributed by atoms with Crippen LogP contribution in [-0.2, 0) is 12.0 Å². The molecule has 1 N–H and O–H groups in total. The minimum atomic E-state index is 0.202. The van der Waals surface area contributed by atoms with Gasteiger partial charge in [-0.15, -0.1) is 0 Å². The molecule has 0 saturated heterocycles. The first-order valence-electron chi connectivity index (χ1n) is 10.3. The molecule has 5 rings (SSSR count). The van der Waals surface area contributed by atoms with E-state index in [9.17, 15) is 0 Å². The van der Waals surface area contributed by atoms with Gasteiger partial charge in [-0.1, -0.05) is 45.4 Å². The fraction of sp³-hybridized carbons (Fsp3) is 0.500. The maximum atomic E-state index is 3.96. The molecule has 2 heteroatoms. The van der Waals surface area contributed by atoms with E-state index in [1.54, 1.807) is 5.56 Å². The van der Waals surface area contributed by atoms with Crippen LogP contribution in [0.25, 0.3) is 21.8 Å². The van der Waals surface area contributed by atoms with Crippen LogP contribution >= 0.6 is 0 Å². The molecule has 1 aliphatic heterocycles. The molecule has 136 valence electrons. The molecule has 1 aliphatic carbocycles. The summed E-state index contributed by atoms with van der Waals surface area (Å²) < 4.78 is 2.48. The predicted octanol–water partition coefficient (Wildman–Crippen LogP) is 6.32. The summed E-state index contributed by atoms with van der Waals surface area (Å²) in [5, 5.41) is 6.86. The fourth-order valence-corrected chi connectivity index (χ4v) is 6.06. The molecule has 26 heavy (non-hydrogen) atoms. The van der Waals surface area contributed by atoms with Gasteiger partial charge in [0, 0.05) is 40.1 Å². The van der Waals surface area contributed by atoms with Crippen molar-refractivity contribution in [1.29, 1.82) is 0 Å². The van der Waals surface area contributed by atoms with Crippen LogP contribution < -0.4 is 5.32 Å². The van der Waals surface area contributed by atoms with Crippen LogP contribution in [0.5, 0.6) is 0 Å². The molecule has 0 radical (unpaired) electrons. The number of nitrogens with zero attached hydrogens (tertiary/aromatic N) is 1. The lowest BCUT2D eigenvalue weighted by Gasteiger charge is -2.50. The molecule has 1 fully saturated rings. The number of rotatable bonds is 1. The molecule has 0 bridgehead atoms. The number of aromatic nitrogens is 1. The molecule has 2 heterocycles. The van der Waals surface area contributed by atoms with Crippen molar-refractivity contribution in [1.82, 2.24) is 4.57 Å². The average Bonchev–Trinajstić information content (AvgIpc) is 2.94. The number of hydrogen-bond donors (Lipinski definition) is 1. The van der Waals surface area contributed by atoms with Gasteiger partial charge >= 0.3 is 0 Å². The lowest BCUT2D eigenvalue weighted by Crippen LogP contribution is -2.49. The Morgan fingerprint density at radius 1 is 1.08 bits per heavy atom. The lowest BCUT2D eigenvalue weighted by molar-refractivity contribution is 0.175. The third kappa shape index (κ3) is 2.05. The Bertz CT molecular complexity index is 994. The number of hydrogen-bond acceptors (Lipinski definition) is 1. The average molecular weight is 347 g/mol. The van der Waals surface area contributed by atoms with E-state index in [4.69, 9.17) is 0 Å². The monoisotopic (exact) mass is 346 g/mol. The van der Waals surface area contributed by atoms with Crippen molar-refractivity contribution in [2.24, 2.45) is 11.8 Å². The molecular weight excluding hydrogens is 316 g/mol. The Hall–Kier alpha value is -1.96. The summed E-state index contributed by atoms with van der Waals surface area (Å²) in [5.41, 5.74) is 5.89. The molecule has 3 aromatic rings. The first kappa shape index (κ1) is 16.2. The largest absolute Gasteiger partial charge is 0.382 e. The highest BCUT2D eigenvalue weighted by atomic mass is 15.0. The summed E-state index contributed by atoms with van der Waals surface area (Å²) in [4.78, 5) is 0. The molecule has 2 aromatic carbocycles. The SMILES string of the molecule is CCn1c2ccccc2c2c3c(ccc21)N[C@@H]1CC(C)CC[C@H]1C3(C)C. The molecule has 1 aromatic heterocycles. The predicted molar refractivity (Wildman–Crippen MR) is 112 cm³/mol. The van der Waals surface area contributed by atoms with Gasteiger partial charge in [0.1, 0.15) is 0 Å². The third-order valence-corrected chi connectivity index (χ3v) is 7.28. The van der Waals surface area contributed by atoms with E-state index in [0.29, 0.717) is 6.04 Å². The Morgan fingerprint density at radius 2 is 1.88 bits per heavy atom. The first-order chi connectivity index (χ1) is 12.5. The second-order valence-electron chi connectivity index (χ2n) is 9.14. The van der Waals surface area contributed by atoms with Crippen molar-refractivity contribution < 1.29 is 0 Å². The van der Waals surface area contributed by atoms with Gasteiger partial charge in [0.15, 0.2) is 0 Å². The number of para-hydroxylation sites is 1. The number of anilines is 1. The summed E-state index contributed by atoms with van der Waals surface area (Å²) in [6, 6.07) is 14.3. The highest BCUT2D eigenvalue weighted by molar-refractivity contribution is 6.12. The van der Waals surface area contributed by atoms with Crippen LogP contribution in [-0.4, -0.2) is 10.6 Å². The van der Waals surface area contributed by atoms with Crippen LogP contribution in [0.1, 0.15) is 52.5 Å². The van der Waals surface area contributed by atoms with Gasteiger partial charge in [-0.25, -0.2) is 0 Å². The maximum absolute atomic E-state index is 3.96. The van der Waals surface area contributed by atoms with Crippen molar-refractivity contribution in [3.8, 4) is 0 Å². The van der Waals surface area contributed by atoms with Gasteiger partial charge in [0.25, 0.3) is 0 Å². The van der Waals surface area contributed by atoms with Crippen molar-refractivity contribution in [3.05, 3.63) is 42.0 Å². The second kappa shape index (κ2) is 5.52. The molecule has 2 nitrogen and oxygen atoms in total. The highest BCUT2D eigenvalue weighted by Crippen LogP contribution is 2.52. The van der Waals surface area contributed by atoms with Gasteiger partial charge in [0.05, 0.1) is 0 Å². The van der Waals surface area contributed by atoms with E-state index in [2.05, 4.69) is 74.0 Å². The first-order valence-corrected chi connectivity index (χ1v) is 10.3. The van der Waals surface area contributed by atoms with E-state index in [1.807, 2.05) is 0 Å². The maximum Gasteiger partial charge on any atom is 0.0495 e. The number of fused-ring (bicyclic) bond motifs is 6. The minimum Gasteiger partial charge on any atom is -0.382 e. The van der Waals surface area contributed by atoms with E-state index >= 15 is 0 Å². The smallest absolute Gasteiger partial charge is 0.0495 e. The summed E-state index contributed by atoms with van der Waals surface area (Å²) in [6.07, 6.45) is 4.02. The van der Waals surface area contributed by atoms with Crippen LogP contribution in [0.2, 0.25) is 0 Å². The van der Waals surface area contributed by atoms with Crippen molar-refractivity contribution in [2.75, 3.05) is 5.32 Å². The summed E-state index contributed by atoms with van der Waals surface area (Å²) in [5.74, 6) is 1.56. The van der Waals surface area contributed by atoms with Gasteiger partial charge in [-0.3, -0.25) is 0 Å². The van der Waals surface area contributed by atoms with Gasteiger partial charge in [0.2, 0.25) is 0 Å². The zero-order chi connectivity index (χ0) is 18.1. The minimum absolute atomic E-state index is 0.202. The number of nitrogens with one attached hydrogen (secondary N) is 1. The van der Waals surface area contributed by atoms with Crippen molar-refractivity contribution in [2.45, 2.75) is 65.0 Å². The van der Waals surface area contributed by atoms with Crippen molar-refractivity contribution in [3.63, 3.8) is 0 Å². The van der Waals surface area contributed by atoms with Gasteiger partial charge in [-0.05, 0) is 60.8 Å². The quantitative estimate of drug-likeness (QED) is 0.545. The summed E-state index contributed by atoms with van der Waals surface area (Å²) >= 11 is 0.